The van der Waals surface area contributed by atoms with Crippen LogP contribution in [0.2, 0.25) is 0 Å². The van der Waals surface area contributed by atoms with Gasteiger partial charge in [-0.15, -0.1) is 0 Å². The third kappa shape index (κ3) is 3.26. The second kappa shape index (κ2) is 8.13. The first-order valence-corrected chi connectivity index (χ1v) is 11.5. The minimum absolute atomic E-state index is 0.231. The summed E-state index contributed by atoms with van der Waals surface area (Å²) in [6, 6.07) is 16.8. The molecule has 0 bridgehead atoms. The number of anilines is 1. The number of fused-ring (bicyclic) bond motifs is 5. The molecule has 9 nitrogen and oxygen atoms in total. The van der Waals surface area contributed by atoms with Gasteiger partial charge in [0.1, 0.15) is 6.04 Å². The molecular formula is C27H22N6O3. The molecule has 178 valence electrons. The molecule has 0 N–H and O–H groups in total. The fourth-order valence-corrected chi connectivity index (χ4v) is 4.98. The molecule has 0 unspecified atom stereocenters. The maximum Gasteiger partial charge on any atom is 0.330 e. The molecule has 1 saturated heterocycles. The van der Waals surface area contributed by atoms with E-state index in [4.69, 9.17) is 10.00 Å². The lowest BCUT2D eigenvalue weighted by Gasteiger charge is -2.18. The minimum Gasteiger partial charge on any atom is -0.467 e. The number of likely N-dealkylation sites (N-methyl/N-ethyl adjacent to an activating group) is 1. The number of amides is 2. The number of rotatable bonds is 3. The molecule has 2 aliphatic rings. The van der Waals surface area contributed by atoms with Crippen LogP contribution in [0, 0.1) is 11.3 Å². The molecule has 2 aromatic heterocycles. The van der Waals surface area contributed by atoms with E-state index in [1.165, 1.54) is 12.0 Å². The third-order valence-electron chi connectivity index (χ3n) is 6.92. The number of esters is 1. The van der Waals surface area contributed by atoms with Gasteiger partial charge in [-0.05, 0) is 47.5 Å². The standard InChI is InChI=1S/C27H22N6O3/c1-30-24(26(34)36-2)16-33(27(30)35)21-7-8-22-20(11-21)15-31-14-19(18-5-3-17(13-28)4-6-18)12-23(31)25-29-9-10-32(22)25/h3-12,14,24H,15-16H2,1-2H3/t24-/m0/s1. The summed E-state index contributed by atoms with van der Waals surface area (Å²) in [5.74, 6) is 0.391. The number of imidazole rings is 1. The van der Waals surface area contributed by atoms with E-state index in [0.717, 1.165) is 39.6 Å². The van der Waals surface area contributed by atoms with Crippen LogP contribution in [0.4, 0.5) is 10.5 Å². The Labute approximate surface area is 207 Å². The van der Waals surface area contributed by atoms with Gasteiger partial charge in [0, 0.05) is 43.4 Å². The molecule has 36 heavy (non-hydrogen) atoms. The highest BCUT2D eigenvalue weighted by molar-refractivity contribution is 5.99. The number of carbonyl (C=O) groups is 2. The number of ether oxygens (including phenoxy) is 1. The van der Waals surface area contributed by atoms with E-state index in [-0.39, 0.29) is 12.6 Å². The smallest absolute Gasteiger partial charge is 0.330 e. The van der Waals surface area contributed by atoms with E-state index in [9.17, 15) is 9.59 Å². The normalized spacial score (nSPS) is 16.1. The predicted octanol–water partition coefficient (Wildman–Crippen LogP) is 3.65. The first-order chi connectivity index (χ1) is 17.5. The summed E-state index contributed by atoms with van der Waals surface area (Å²) in [5.41, 5.74) is 6.36. The number of carbonyl (C=O) groups excluding carboxylic acids is 2. The second-order valence-corrected chi connectivity index (χ2v) is 8.91. The predicted molar refractivity (Wildman–Crippen MR) is 133 cm³/mol. The van der Waals surface area contributed by atoms with Crippen molar-refractivity contribution in [3.63, 3.8) is 0 Å². The largest absolute Gasteiger partial charge is 0.467 e. The number of hydrogen-bond acceptors (Lipinski definition) is 5. The lowest BCUT2D eigenvalue weighted by Crippen LogP contribution is -2.37. The van der Waals surface area contributed by atoms with Crippen LogP contribution in [0.1, 0.15) is 11.1 Å². The van der Waals surface area contributed by atoms with Crippen molar-refractivity contribution in [2.75, 3.05) is 25.6 Å². The molecule has 9 heteroatoms. The van der Waals surface area contributed by atoms with Gasteiger partial charge in [-0.25, -0.2) is 14.6 Å². The molecule has 6 rings (SSSR count). The molecule has 0 aliphatic carbocycles. The monoisotopic (exact) mass is 478 g/mol. The van der Waals surface area contributed by atoms with Crippen molar-refractivity contribution in [2.24, 2.45) is 0 Å². The van der Waals surface area contributed by atoms with Crippen molar-refractivity contribution in [2.45, 2.75) is 12.6 Å². The molecule has 1 fully saturated rings. The molecule has 0 spiro atoms. The Morgan fingerprint density at radius 1 is 1.14 bits per heavy atom. The van der Waals surface area contributed by atoms with Gasteiger partial charge < -0.3 is 14.2 Å². The third-order valence-corrected chi connectivity index (χ3v) is 6.92. The van der Waals surface area contributed by atoms with Crippen molar-refractivity contribution in [1.29, 1.82) is 5.26 Å². The Hall–Kier alpha value is -4.84. The van der Waals surface area contributed by atoms with Gasteiger partial charge in [0.2, 0.25) is 0 Å². The van der Waals surface area contributed by atoms with Gasteiger partial charge in [-0.1, -0.05) is 12.1 Å². The van der Waals surface area contributed by atoms with Crippen LogP contribution in [0.3, 0.4) is 0 Å². The van der Waals surface area contributed by atoms with E-state index < -0.39 is 12.0 Å². The van der Waals surface area contributed by atoms with E-state index in [1.54, 1.807) is 18.1 Å². The molecular weight excluding hydrogens is 456 g/mol. The van der Waals surface area contributed by atoms with Gasteiger partial charge in [-0.2, -0.15) is 5.26 Å². The molecule has 0 saturated carbocycles. The zero-order valence-electron chi connectivity index (χ0n) is 19.8. The molecule has 4 heterocycles. The average molecular weight is 479 g/mol. The molecule has 2 aliphatic heterocycles. The summed E-state index contributed by atoms with van der Waals surface area (Å²) in [7, 11) is 2.94. The Morgan fingerprint density at radius 3 is 2.69 bits per heavy atom. The molecule has 1 atom stereocenters. The Bertz CT molecular complexity index is 1560. The van der Waals surface area contributed by atoms with Crippen molar-refractivity contribution in [1.82, 2.24) is 19.0 Å². The van der Waals surface area contributed by atoms with Crippen LogP contribution in [-0.2, 0) is 16.1 Å². The highest BCUT2D eigenvalue weighted by atomic mass is 16.5. The van der Waals surface area contributed by atoms with E-state index in [2.05, 4.69) is 32.5 Å². The highest BCUT2D eigenvalue weighted by Gasteiger charge is 2.40. The lowest BCUT2D eigenvalue weighted by atomic mass is 10.1. The molecule has 2 amide bonds. The second-order valence-electron chi connectivity index (χ2n) is 8.91. The molecule has 2 aromatic carbocycles. The van der Waals surface area contributed by atoms with Gasteiger partial charge in [0.05, 0.1) is 36.7 Å². The highest BCUT2D eigenvalue weighted by Crippen LogP contribution is 2.36. The van der Waals surface area contributed by atoms with Gasteiger partial charge in [0.15, 0.2) is 5.82 Å². The Kier molecular flexibility index (Phi) is 4.90. The first-order valence-electron chi connectivity index (χ1n) is 11.5. The SMILES string of the molecule is COC(=O)[C@@H]1CN(c2ccc3c(c2)Cn2cc(-c4ccc(C#N)cc4)cc2-c2nccn2-3)C(=O)N1C. The van der Waals surface area contributed by atoms with Crippen LogP contribution in [0.5, 0.6) is 0 Å². The van der Waals surface area contributed by atoms with Gasteiger partial charge in [0.25, 0.3) is 0 Å². The maximum absolute atomic E-state index is 12.9. The zero-order chi connectivity index (χ0) is 25.0. The summed E-state index contributed by atoms with van der Waals surface area (Å²) < 4.78 is 9.08. The number of benzene rings is 2. The first kappa shape index (κ1) is 21.7. The van der Waals surface area contributed by atoms with Crippen molar-refractivity contribution in [3.8, 4) is 34.4 Å². The lowest BCUT2D eigenvalue weighted by molar-refractivity contribution is -0.144. The number of nitriles is 1. The fourth-order valence-electron chi connectivity index (χ4n) is 4.98. The van der Waals surface area contributed by atoms with E-state index in [0.29, 0.717) is 12.1 Å². The number of nitrogens with zero attached hydrogens (tertiary/aromatic N) is 6. The van der Waals surface area contributed by atoms with Crippen LogP contribution >= 0.6 is 0 Å². The number of hydrogen-bond donors (Lipinski definition) is 0. The van der Waals surface area contributed by atoms with Crippen LogP contribution in [-0.4, -0.2) is 57.8 Å². The number of methoxy groups -OCH3 is 1. The van der Waals surface area contributed by atoms with Gasteiger partial charge >= 0.3 is 12.0 Å². The molecule has 4 aromatic rings. The summed E-state index contributed by atoms with van der Waals surface area (Å²) in [4.78, 5) is 32.7. The van der Waals surface area contributed by atoms with Crippen molar-refractivity contribution >= 4 is 17.7 Å². The Balaban J connectivity index is 1.40. The zero-order valence-corrected chi connectivity index (χ0v) is 19.8. The van der Waals surface area contributed by atoms with Crippen molar-refractivity contribution < 1.29 is 14.3 Å². The minimum atomic E-state index is -0.646. The van der Waals surface area contributed by atoms with E-state index in [1.807, 2.05) is 48.7 Å². The van der Waals surface area contributed by atoms with Crippen LogP contribution < -0.4 is 4.90 Å². The maximum atomic E-state index is 12.9. The summed E-state index contributed by atoms with van der Waals surface area (Å²) in [6.07, 6.45) is 5.79. The number of urea groups is 1. The van der Waals surface area contributed by atoms with Crippen LogP contribution in [0.25, 0.3) is 28.3 Å². The topological polar surface area (TPSA) is 96.4 Å². The molecule has 0 radical (unpaired) electrons. The quantitative estimate of drug-likeness (QED) is 0.369. The van der Waals surface area contributed by atoms with Crippen molar-refractivity contribution in [3.05, 3.63) is 78.2 Å². The summed E-state index contributed by atoms with van der Waals surface area (Å²) in [6.45, 7) is 0.811. The summed E-state index contributed by atoms with van der Waals surface area (Å²) in [5, 5.41) is 9.11. The number of aromatic nitrogens is 3. The van der Waals surface area contributed by atoms with Crippen LogP contribution in [0.15, 0.2) is 67.1 Å². The average Bonchev–Trinajstić information content (AvgIpc) is 3.60. The fraction of sp³-hybridized carbons (Fsp3) is 0.185. The summed E-state index contributed by atoms with van der Waals surface area (Å²) >= 11 is 0. The Morgan fingerprint density at radius 2 is 1.94 bits per heavy atom. The van der Waals surface area contributed by atoms with E-state index >= 15 is 0 Å². The van der Waals surface area contributed by atoms with Gasteiger partial charge in [-0.3, -0.25) is 9.47 Å².